The van der Waals surface area contributed by atoms with Crippen LogP contribution in [0.2, 0.25) is 0 Å². The first kappa shape index (κ1) is 17.7. The molecule has 0 saturated heterocycles. The van der Waals surface area contributed by atoms with Gasteiger partial charge in [0.25, 0.3) is 10.0 Å². The average molecular weight is 371 g/mol. The molecule has 0 aliphatic heterocycles. The summed E-state index contributed by atoms with van der Waals surface area (Å²) >= 11 is 0. The summed E-state index contributed by atoms with van der Waals surface area (Å²) in [5.74, 6) is -0.427. The zero-order chi connectivity index (χ0) is 18.7. The number of anilines is 1. The Morgan fingerprint density at radius 1 is 1.00 bits per heavy atom. The van der Waals surface area contributed by atoms with Gasteiger partial charge in [-0.15, -0.1) is 0 Å². The second-order valence-corrected chi connectivity index (χ2v) is 7.55. The highest BCUT2D eigenvalue weighted by molar-refractivity contribution is 7.90. The molecule has 2 aromatic carbocycles. The number of imidazole rings is 1. The third-order valence-corrected chi connectivity index (χ3v) is 5.43. The molecule has 134 valence electrons. The average Bonchev–Trinajstić information content (AvgIpc) is 2.97. The molecule has 1 aromatic heterocycles. The van der Waals surface area contributed by atoms with Gasteiger partial charge in [-0.05, 0) is 31.2 Å². The highest BCUT2D eigenvalue weighted by Gasteiger charge is 2.21. The van der Waals surface area contributed by atoms with E-state index in [1.54, 1.807) is 36.4 Å². The van der Waals surface area contributed by atoms with Crippen LogP contribution >= 0.6 is 0 Å². The topological polar surface area (TPSA) is 90.2 Å². The maximum atomic E-state index is 12.6. The second-order valence-electron chi connectivity index (χ2n) is 5.74. The zero-order valence-electron chi connectivity index (χ0n) is 14.0. The van der Waals surface area contributed by atoms with E-state index in [-0.39, 0.29) is 11.4 Å². The van der Waals surface area contributed by atoms with Gasteiger partial charge in [0.1, 0.15) is 6.54 Å². The standard InChI is InChI=1S/C18H17N3O4S/c1-14-7-9-16(10-8-14)26(24,25)21-12-11-20(18(21)23)13-17(22)19-15-5-3-2-4-6-15/h2-12H,13H2,1H3,(H,19,22). The van der Waals surface area contributed by atoms with E-state index in [0.29, 0.717) is 9.66 Å². The molecule has 0 aliphatic rings. The van der Waals surface area contributed by atoms with Gasteiger partial charge < -0.3 is 5.32 Å². The third kappa shape index (κ3) is 3.60. The van der Waals surface area contributed by atoms with Gasteiger partial charge in [-0.1, -0.05) is 35.9 Å². The Morgan fingerprint density at radius 3 is 2.31 bits per heavy atom. The quantitative estimate of drug-likeness (QED) is 0.741. The molecule has 1 N–H and O–H groups in total. The van der Waals surface area contributed by atoms with Crippen molar-refractivity contribution in [3.63, 3.8) is 0 Å². The number of nitrogens with zero attached hydrogens (tertiary/aromatic N) is 2. The van der Waals surface area contributed by atoms with Crippen LogP contribution in [0.4, 0.5) is 5.69 Å². The summed E-state index contributed by atoms with van der Waals surface area (Å²) in [5.41, 5.74) is 0.706. The van der Waals surface area contributed by atoms with E-state index in [1.165, 1.54) is 18.3 Å². The number of carbonyl (C=O) groups is 1. The van der Waals surface area contributed by atoms with Crippen molar-refractivity contribution in [1.82, 2.24) is 8.54 Å². The molecule has 0 saturated carbocycles. The molecule has 0 radical (unpaired) electrons. The van der Waals surface area contributed by atoms with Crippen LogP contribution in [0.25, 0.3) is 0 Å². The SMILES string of the molecule is Cc1ccc(S(=O)(=O)n2ccn(CC(=O)Nc3ccccc3)c2=O)cc1. The lowest BCUT2D eigenvalue weighted by atomic mass is 10.2. The molecule has 0 bridgehead atoms. The predicted octanol–water partition coefficient (Wildman–Crippen LogP) is 1.83. The molecule has 0 fully saturated rings. The Bertz CT molecular complexity index is 1080. The lowest BCUT2D eigenvalue weighted by Gasteiger charge is -2.06. The third-order valence-electron chi connectivity index (χ3n) is 3.77. The van der Waals surface area contributed by atoms with E-state index in [4.69, 9.17) is 0 Å². The summed E-state index contributed by atoms with van der Waals surface area (Å²) in [6, 6.07) is 15.0. The summed E-state index contributed by atoms with van der Waals surface area (Å²) in [7, 11) is -4.01. The van der Waals surface area contributed by atoms with E-state index in [2.05, 4.69) is 5.32 Å². The number of carbonyl (C=O) groups excluding carboxylic acids is 1. The van der Waals surface area contributed by atoms with Crippen molar-refractivity contribution in [1.29, 1.82) is 0 Å². The fourth-order valence-electron chi connectivity index (χ4n) is 2.40. The van der Waals surface area contributed by atoms with Crippen LogP contribution in [0, 0.1) is 6.92 Å². The fraction of sp³-hybridized carbons (Fsp3) is 0.111. The van der Waals surface area contributed by atoms with Crippen LogP contribution in [0.15, 0.2) is 76.7 Å². The maximum Gasteiger partial charge on any atom is 0.342 e. The number of rotatable bonds is 5. The minimum atomic E-state index is -4.01. The fourth-order valence-corrected chi connectivity index (χ4v) is 3.63. The van der Waals surface area contributed by atoms with Crippen LogP contribution in [-0.2, 0) is 21.4 Å². The summed E-state index contributed by atoms with van der Waals surface area (Å²) < 4.78 is 26.9. The van der Waals surface area contributed by atoms with Gasteiger partial charge in [0, 0.05) is 18.1 Å². The van der Waals surface area contributed by atoms with Gasteiger partial charge in [-0.25, -0.2) is 13.2 Å². The molecule has 1 amide bonds. The first-order valence-electron chi connectivity index (χ1n) is 7.83. The van der Waals surface area contributed by atoms with Crippen molar-refractivity contribution >= 4 is 21.6 Å². The van der Waals surface area contributed by atoms with Crippen LogP contribution < -0.4 is 11.0 Å². The summed E-state index contributed by atoms with van der Waals surface area (Å²) in [6.45, 7) is 1.55. The maximum absolute atomic E-state index is 12.6. The number of aromatic nitrogens is 2. The van der Waals surface area contributed by atoms with Crippen molar-refractivity contribution in [3.05, 3.63) is 83.0 Å². The number of amides is 1. The summed E-state index contributed by atoms with van der Waals surface area (Å²) in [5, 5.41) is 2.65. The molecule has 3 rings (SSSR count). The lowest BCUT2D eigenvalue weighted by Crippen LogP contribution is -2.32. The van der Waals surface area contributed by atoms with Crippen molar-refractivity contribution in [2.45, 2.75) is 18.4 Å². The second kappa shape index (κ2) is 7.01. The molecule has 1 heterocycles. The number of nitrogens with one attached hydrogen (secondary N) is 1. The van der Waals surface area contributed by atoms with Crippen molar-refractivity contribution in [2.24, 2.45) is 0 Å². The van der Waals surface area contributed by atoms with Gasteiger partial charge in [0.05, 0.1) is 4.90 Å². The van der Waals surface area contributed by atoms with Gasteiger partial charge in [0.15, 0.2) is 0 Å². The highest BCUT2D eigenvalue weighted by atomic mass is 32.2. The van der Waals surface area contributed by atoms with E-state index in [1.807, 2.05) is 13.0 Å². The van der Waals surface area contributed by atoms with E-state index < -0.39 is 21.6 Å². The molecule has 8 heteroatoms. The molecule has 26 heavy (non-hydrogen) atoms. The van der Waals surface area contributed by atoms with E-state index in [0.717, 1.165) is 16.3 Å². The lowest BCUT2D eigenvalue weighted by molar-refractivity contribution is -0.116. The van der Waals surface area contributed by atoms with Crippen molar-refractivity contribution < 1.29 is 13.2 Å². The normalized spacial score (nSPS) is 11.3. The number of benzene rings is 2. The van der Waals surface area contributed by atoms with Crippen LogP contribution in [0.3, 0.4) is 0 Å². The largest absolute Gasteiger partial charge is 0.342 e. The Labute approximate surface area is 150 Å². The zero-order valence-corrected chi connectivity index (χ0v) is 14.8. The van der Waals surface area contributed by atoms with Gasteiger partial charge >= 0.3 is 5.69 Å². The molecule has 0 atom stereocenters. The Morgan fingerprint density at radius 2 is 1.65 bits per heavy atom. The molecule has 0 spiro atoms. The minimum absolute atomic E-state index is 0.0108. The van der Waals surface area contributed by atoms with E-state index >= 15 is 0 Å². The number of hydrogen-bond donors (Lipinski definition) is 1. The monoisotopic (exact) mass is 371 g/mol. The number of hydrogen-bond acceptors (Lipinski definition) is 4. The van der Waals surface area contributed by atoms with Crippen LogP contribution in [-0.4, -0.2) is 22.9 Å². The summed E-state index contributed by atoms with van der Waals surface area (Å²) in [6.07, 6.45) is 2.42. The minimum Gasteiger partial charge on any atom is -0.325 e. The molecular formula is C18H17N3O4S. The Kier molecular flexibility index (Phi) is 4.77. The number of aryl methyl sites for hydroxylation is 1. The highest BCUT2D eigenvalue weighted by Crippen LogP contribution is 2.13. The van der Waals surface area contributed by atoms with Gasteiger partial charge in [-0.2, -0.15) is 3.97 Å². The molecule has 0 aliphatic carbocycles. The van der Waals surface area contributed by atoms with E-state index in [9.17, 15) is 18.0 Å². The summed E-state index contributed by atoms with van der Waals surface area (Å²) in [4.78, 5) is 24.5. The Hall–Kier alpha value is -3.13. The predicted molar refractivity (Wildman–Crippen MR) is 97.5 cm³/mol. The number of para-hydroxylation sites is 1. The molecule has 7 nitrogen and oxygen atoms in total. The van der Waals surface area contributed by atoms with Crippen LogP contribution in [0.1, 0.15) is 5.56 Å². The van der Waals surface area contributed by atoms with Gasteiger partial charge in [0.2, 0.25) is 5.91 Å². The molecular weight excluding hydrogens is 354 g/mol. The van der Waals surface area contributed by atoms with Crippen molar-refractivity contribution in [2.75, 3.05) is 5.32 Å². The molecule has 3 aromatic rings. The van der Waals surface area contributed by atoms with Crippen molar-refractivity contribution in [3.8, 4) is 0 Å². The first-order valence-corrected chi connectivity index (χ1v) is 9.27. The Balaban J connectivity index is 1.83. The smallest absolute Gasteiger partial charge is 0.325 e. The van der Waals surface area contributed by atoms with Crippen LogP contribution in [0.5, 0.6) is 0 Å². The molecule has 0 unspecified atom stereocenters. The van der Waals surface area contributed by atoms with Gasteiger partial charge in [-0.3, -0.25) is 9.36 Å². The first-order chi connectivity index (χ1) is 12.4.